The molecule has 2 fully saturated rings. The van der Waals surface area contributed by atoms with Crippen LogP contribution in [-0.2, 0) is 19.1 Å². The highest BCUT2D eigenvalue weighted by Crippen LogP contribution is 2.37. The largest absolute Gasteiger partial charge is 0.469 e. The molecule has 3 atom stereocenters. The van der Waals surface area contributed by atoms with Crippen LogP contribution >= 0.6 is 0 Å². The molecule has 11 rings (SSSR count). The van der Waals surface area contributed by atoms with Crippen molar-refractivity contribution in [2.24, 2.45) is 0 Å². The quantitative estimate of drug-likeness (QED) is 0.107. The van der Waals surface area contributed by atoms with Crippen molar-refractivity contribution in [2.45, 2.75) is 82.3 Å². The number of fused-ring (bicyclic) bond motifs is 4. The maximum atomic E-state index is 12.5. The van der Waals surface area contributed by atoms with Gasteiger partial charge in [0.15, 0.2) is 0 Å². The van der Waals surface area contributed by atoms with Crippen LogP contribution in [0.25, 0.3) is 77.5 Å². The first-order valence-corrected chi connectivity index (χ1v) is 25.9. The second-order valence-corrected chi connectivity index (χ2v) is 19.5. The summed E-state index contributed by atoms with van der Waals surface area (Å²) in [6, 6.07) is 31.5. The topological polar surface area (TPSA) is 123 Å². The van der Waals surface area contributed by atoms with Gasteiger partial charge in [0, 0.05) is 110 Å². The standard InChI is InChI=1S/C17H19NO4.C16H16N2O.C16H17N.C10H9N.C7H11N/c1-11-13-7-5-6-8-14(13)12(2)18(11)15(17(20)22-4)9-10-16(19)21-3;1-10-8-9-15(11(2)17-10)18-12(3)13-6-4-5-7-14(13)16(18)19;1-12-15-10-6-7-11-16(15)13(2)17(12)14-8-4-3-5-9-14;1-7-9-5-3-4-6-10(9)8(2)11-7;1-6-4-3-5-7(2)8-6/h5-8,15H,1-2,9-10H2,3-4H3;4-7,15,17H,1-3,8-9H2;4,6-8,10-11,14H,1-3,5,9H2;3-6,11H,1-2H2;8H,1-5H2. The lowest BCUT2D eigenvalue weighted by molar-refractivity contribution is -0.146. The molecule has 2 saturated heterocycles. The number of rotatable bonds is 7. The smallest absolute Gasteiger partial charge is 0.328 e. The molecule has 77 heavy (non-hydrogen) atoms. The Balaban J connectivity index is 0.000000145. The minimum Gasteiger partial charge on any atom is -0.469 e. The third kappa shape index (κ3) is 12.5. The Labute approximate surface area is 451 Å². The number of ether oxygens (including phenoxy) is 2. The molecule has 4 aromatic carbocycles. The molecule has 396 valence electrons. The predicted molar refractivity (Wildman–Crippen MR) is 319 cm³/mol. The number of aromatic nitrogens is 3. The number of aromatic amines is 1. The molecule has 3 aliphatic heterocycles. The number of carbonyl (C=O) groups is 3. The van der Waals surface area contributed by atoms with Gasteiger partial charge in [-0.3, -0.25) is 14.5 Å². The number of esters is 2. The fraction of sp³-hybridized carbons (Fsp3) is 0.227. The SMILES string of the molecule is C=C1CCC(N2C(=C)c3ccccc3C2=O)C(=C)N1.C=C1CCCC(=C)N1.C=c1[nH]c(=C)c2ccccc12.C=c1c2ccccc2c(=C)n1C(CCC(=O)OC)C(=O)OC.C=c1c2ccccc2c(=C)n1C1C=CCCC1. The van der Waals surface area contributed by atoms with Crippen molar-refractivity contribution >= 4 is 95.3 Å². The average Bonchev–Trinajstić information content (AvgIpc) is 4.08. The third-order valence-corrected chi connectivity index (χ3v) is 14.4. The van der Waals surface area contributed by atoms with E-state index in [1.54, 1.807) is 9.47 Å². The van der Waals surface area contributed by atoms with Gasteiger partial charge in [0.25, 0.3) is 5.91 Å². The molecule has 11 nitrogen and oxygen atoms in total. The van der Waals surface area contributed by atoms with Crippen molar-refractivity contribution in [1.29, 1.82) is 0 Å². The van der Waals surface area contributed by atoms with Crippen LogP contribution < -0.4 is 42.7 Å². The van der Waals surface area contributed by atoms with E-state index in [1.807, 2.05) is 72.8 Å². The maximum absolute atomic E-state index is 12.5. The number of methoxy groups -OCH3 is 2. The zero-order valence-corrected chi connectivity index (χ0v) is 44.9. The lowest BCUT2D eigenvalue weighted by Gasteiger charge is -2.35. The highest BCUT2D eigenvalue weighted by Gasteiger charge is 2.38. The molecule has 4 aliphatic rings. The number of amides is 1. The van der Waals surface area contributed by atoms with Crippen molar-refractivity contribution in [2.75, 3.05) is 14.2 Å². The zero-order valence-electron chi connectivity index (χ0n) is 44.9. The number of nitrogens with zero attached hydrogens (tertiary/aromatic N) is 3. The summed E-state index contributed by atoms with van der Waals surface area (Å²) in [5.41, 5.74) is 6.41. The minimum absolute atomic E-state index is 0.0149. The van der Waals surface area contributed by atoms with Crippen LogP contribution in [0.2, 0.25) is 0 Å². The van der Waals surface area contributed by atoms with E-state index in [4.69, 9.17) is 4.74 Å². The van der Waals surface area contributed by atoms with Crippen molar-refractivity contribution in [3.8, 4) is 0 Å². The molecule has 11 heteroatoms. The maximum Gasteiger partial charge on any atom is 0.328 e. The van der Waals surface area contributed by atoms with E-state index in [9.17, 15) is 14.4 Å². The van der Waals surface area contributed by atoms with Crippen LogP contribution in [0.4, 0.5) is 0 Å². The van der Waals surface area contributed by atoms with Gasteiger partial charge in [-0.2, -0.15) is 0 Å². The summed E-state index contributed by atoms with van der Waals surface area (Å²) in [6.07, 6.45) is 13.7. The molecule has 0 saturated carbocycles. The Morgan fingerprint density at radius 2 is 1.09 bits per heavy atom. The van der Waals surface area contributed by atoms with Crippen LogP contribution in [0.15, 0.2) is 165 Å². The molecule has 6 heterocycles. The number of piperidine rings is 2. The molecule has 7 aromatic rings. The average molecular weight is 1030 g/mol. The summed E-state index contributed by atoms with van der Waals surface area (Å²) in [6.45, 7) is 43.9. The number of H-pyrrole nitrogens is 1. The van der Waals surface area contributed by atoms with Crippen molar-refractivity contribution in [3.05, 3.63) is 208 Å². The molecule has 0 bridgehead atoms. The first-order chi connectivity index (χ1) is 37.0. The van der Waals surface area contributed by atoms with Gasteiger partial charge in [-0.05, 0) is 63.9 Å². The van der Waals surface area contributed by atoms with Gasteiger partial charge in [0.2, 0.25) is 0 Å². The first kappa shape index (κ1) is 55.9. The van der Waals surface area contributed by atoms with Crippen LogP contribution in [-0.4, -0.2) is 57.1 Å². The first-order valence-electron chi connectivity index (χ1n) is 25.9. The van der Waals surface area contributed by atoms with Crippen molar-refractivity contribution in [1.82, 2.24) is 29.7 Å². The van der Waals surface area contributed by atoms with E-state index in [0.29, 0.717) is 16.7 Å². The second-order valence-electron chi connectivity index (χ2n) is 19.5. The third-order valence-electron chi connectivity index (χ3n) is 14.4. The van der Waals surface area contributed by atoms with Crippen LogP contribution in [0.1, 0.15) is 92.2 Å². The van der Waals surface area contributed by atoms with Crippen LogP contribution in [0.5, 0.6) is 0 Å². The summed E-state index contributed by atoms with van der Waals surface area (Å²) in [4.78, 5) is 40.9. The summed E-state index contributed by atoms with van der Waals surface area (Å²) in [7, 11) is 2.64. The molecule has 3 unspecified atom stereocenters. The lowest BCUT2D eigenvalue weighted by atomic mass is 10.0. The summed E-state index contributed by atoms with van der Waals surface area (Å²) in [5, 5.41) is 18.4. The van der Waals surface area contributed by atoms with E-state index in [-0.39, 0.29) is 30.8 Å². The number of allylic oxidation sites excluding steroid dienone is 5. The normalized spacial score (nSPS) is 17.0. The van der Waals surface area contributed by atoms with Gasteiger partial charge in [-0.25, -0.2) is 4.79 Å². The van der Waals surface area contributed by atoms with Gasteiger partial charge >= 0.3 is 11.9 Å². The molecule has 3 N–H and O–H groups in total. The van der Waals surface area contributed by atoms with E-state index in [0.717, 1.165) is 108 Å². The molecule has 3 aromatic heterocycles. The van der Waals surface area contributed by atoms with Gasteiger partial charge in [0.1, 0.15) is 6.04 Å². The zero-order chi connectivity index (χ0) is 55.5. The van der Waals surface area contributed by atoms with Crippen molar-refractivity contribution in [3.63, 3.8) is 0 Å². The monoisotopic (exact) mass is 1030 g/mol. The summed E-state index contributed by atoms with van der Waals surface area (Å²) < 4.78 is 13.5. The number of benzene rings is 4. The Kier molecular flexibility index (Phi) is 18.3. The number of hydrogen-bond acceptors (Lipinski definition) is 7. The predicted octanol–water partition coefficient (Wildman–Crippen LogP) is 9.54. The molecule has 0 radical (unpaired) electrons. The molecule has 1 amide bonds. The van der Waals surface area contributed by atoms with Crippen LogP contribution in [0, 0.1) is 0 Å². The minimum atomic E-state index is -0.656. The molecular weight excluding hydrogens is 957 g/mol. The second kappa shape index (κ2) is 25.1. The van der Waals surface area contributed by atoms with E-state index >= 15 is 0 Å². The number of nitrogens with one attached hydrogen (secondary N) is 3. The molecular formula is C66H72N6O5. The summed E-state index contributed by atoms with van der Waals surface area (Å²) in [5.74, 6) is -0.790. The highest BCUT2D eigenvalue weighted by atomic mass is 16.5. The van der Waals surface area contributed by atoms with E-state index < -0.39 is 12.0 Å². The van der Waals surface area contributed by atoms with Gasteiger partial charge in [-0.15, -0.1) is 0 Å². The fourth-order valence-electron chi connectivity index (χ4n) is 10.4. The Hall–Kier alpha value is -8.83. The molecule has 1 aliphatic carbocycles. The number of hydrogen-bond donors (Lipinski definition) is 3. The Bertz CT molecular complexity index is 3610. The van der Waals surface area contributed by atoms with Crippen LogP contribution in [0.3, 0.4) is 0 Å². The van der Waals surface area contributed by atoms with Crippen molar-refractivity contribution < 1.29 is 23.9 Å². The van der Waals surface area contributed by atoms with E-state index in [2.05, 4.69) is 134 Å². The van der Waals surface area contributed by atoms with E-state index in [1.165, 1.54) is 50.7 Å². The Morgan fingerprint density at radius 3 is 1.55 bits per heavy atom. The van der Waals surface area contributed by atoms with Gasteiger partial charge in [-0.1, -0.05) is 176 Å². The van der Waals surface area contributed by atoms with Gasteiger partial charge < -0.3 is 34.2 Å². The summed E-state index contributed by atoms with van der Waals surface area (Å²) >= 11 is 0. The highest BCUT2D eigenvalue weighted by molar-refractivity contribution is 6.09. The Morgan fingerprint density at radius 1 is 0.597 bits per heavy atom. The van der Waals surface area contributed by atoms with Gasteiger partial charge in [0.05, 0.1) is 26.3 Å². The lowest BCUT2D eigenvalue weighted by Crippen LogP contribution is -2.42. The number of carbonyl (C=O) groups excluding carboxylic acids is 3. The molecule has 0 spiro atoms. The fourth-order valence-corrected chi connectivity index (χ4v) is 10.4.